The minimum absolute atomic E-state index is 0. The summed E-state index contributed by atoms with van der Waals surface area (Å²) in [6.45, 7) is 0.661. The molecule has 20 heavy (non-hydrogen) atoms. The predicted octanol–water partition coefficient (Wildman–Crippen LogP) is 5.01. The van der Waals surface area contributed by atoms with Gasteiger partial charge >= 0.3 is 119 Å². The van der Waals surface area contributed by atoms with Crippen LogP contribution in [0.5, 0.6) is 0 Å². The van der Waals surface area contributed by atoms with Gasteiger partial charge in [-0.25, -0.2) is 0 Å². The molecule has 0 atom stereocenters. The standard InChI is InChI=1S/C16H13O.2ClH.Ti/c17-11-16-14-8-4-3-7-13(14)9-10-15(16)12-5-1-2-6-12;;;/h1-5,7-10H,6,11H2;2*1H;/q-1;;;+1. The molecule has 1 nitrogen and oxygen atoms in total. The zero-order chi connectivity index (χ0) is 12.4. The molecule has 0 saturated heterocycles. The Bertz CT molecular complexity index is 650. The fraction of sp³-hybridized carbons (Fsp3) is 0.125. The fourth-order valence-corrected chi connectivity index (χ4v) is 2.74. The molecular weight excluding hydrogens is 327 g/mol. The van der Waals surface area contributed by atoms with E-state index in [0.717, 1.165) is 6.42 Å². The van der Waals surface area contributed by atoms with Gasteiger partial charge in [0.15, 0.2) is 0 Å². The number of benzene rings is 2. The van der Waals surface area contributed by atoms with Gasteiger partial charge in [-0.05, 0) is 0 Å². The second-order valence-electron chi connectivity index (χ2n) is 4.43. The Morgan fingerprint density at radius 1 is 1.05 bits per heavy atom. The average molecular weight is 342 g/mol. The van der Waals surface area contributed by atoms with Gasteiger partial charge in [-0.3, -0.25) is 0 Å². The van der Waals surface area contributed by atoms with Crippen LogP contribution in [0.15, 0.2) is 54.6 Å². The molecule has 0 heterocycles. The Kier molecular flexibility index (Phi) is 7.01. The summed E-state index contributed by atoms with van der Waals surface area (Å²) in [6, 6.07) is 12.9. The van der Waals surface area contributed by atoms with Crippen molar-refractivity contribution in [2.75, 3.05) is 0 Å². The van der Waals surface area contributed by atoms with Gasteiger partial charge in [0.1, 0.15) is 0 Å². The number of hydrogen-bond donors (Lipinski definition) is 0. The van der Waals surface area contributed by atoms with Crippen LogP contribution in [-0.4, -0.2) is 0 Å². The van der Waals surface area contributed by atoms with E-state index in [1.807, 2.05) is 0 Å². The summed E-state index contributed by atoms with van der Waals surface area (Å²) in [4.78, 5) is 0. The number of allylic oxidation sites excluding steroid dienone is 4. The van der Waals surface area contributed by atoms with Crippen LogP contribution in [0.4, 0.5) is 0 Å². The molecule has 3 rings (SSSR count). The molecule has 0 fully saturated rings. The zero-order valence-electron chi connectivity index (χ0n) is 10.8. The number of halogens is 2. The summed E-state index contributed by atoms with van der Waals surface area (Å²) in [5.41, 5.74) is 4.00. The second kappa shape index (κ2) is 8.02. The van der Waals surface area contributed by atoms with E-state index >= 15 is 0 Å². The molecule has 0 spiro atoms. The SMILES string of the molecule is Cl.Cl.[Ti][O]Cc1c(C2=CC=CC2)ccc2ccccc12. The summed E-state index contributed by atoms with van der Waals surface area (Å²) in [6.07, 6.45) is 7.54. The van der Waals surface area contributed by atoms with Crippen molar-refractivity contribution in [3.8, 4) is 0 Å². The first kappa shape index (κ1) is 17.5. The minimum atomic E-state index is 0. The van der Waals surface area contributed by atoms with E-state index in [-0.39, 0.29) is 24.8 Å². The molecule has 103 valence electrons. The monoisotopic (exact) mass is 341 g/mol. The van der Waals surface area contributed by atoms with Crippen molar-refractivity contribution in [2.24, 2.45) is 0 Å². The first-order valence-electron chi connectivity index (χ1n) is 6.05. The number of hydrogen-bond acceptors (Lipinski definition) is 1. The Morgan fingerprint density at radius 2 is 1.85 bits per heavy atom. The molecular formula is C16H15Cl2OTi. The molecule has 0 unspecified atom stereocenters. The van der Waals surface area contributed by atoms with Crippen molar-refractivity contribution in [3.05, 3.63) is 65.8 Å². The molecule has 0 aliphatic heterocycles. The molecule has 0 aromatic heterocycles. The Balaban J connectivity index is 0.000001000. The quantitative estimate of drug-likeness (QED) is 0.713. The average Bonchev–Trinajstić information content (AvgIpc) is 2.93. The maximum absolute atomic E-state index is 5.39. The van der Waals surface area contributed by atoms with Gasteiger partial charge < -0.3 is 0 Å². The summed E-state index contributed by atoms with van der Waals surface area (Å²) in [7, 11) is 0. The molecule has 0 amide bonds. The summed E-state index contributed by atoms with van der Waals surface area (Å²) in [5.74, 6) is 0. The van der Waals surface area contributed by atoms with E-state index in [0.29, 0.717) is 6.61 Å². The molecule has 2 aromatic carbocycles. The molecule has 0 saturated carbocycles. The Labute approximate surface area is 143 Å². The van der Waals surface area contributed by atoms with Crippen molar-refractivity contribution >= 4 is 41.2 Å². The normalized spacial score (nSPS) is 12.7. The van der Waals surface area contributed by atoms with Crippen molar-refractivity contribution in [1.82, 2.24) is 0 Å². The topological polar surface area (TPSA) is 9.23 Å². The van der Waals surface area contributed by atoms with E-state index < -0.39 is 0 Å². The van der Waals surface area contributed by atoms with Crippen LogP contribution in [0.3, 0.4) is 0 Å². The van der Waals surface area contributed by atoms with Gasteiger partial charge in [0.05, 0.1) is 0 Å². The van der Waals surface area contributed by atoms with Crippen LogP contribution in [0.1, 0.15) is 17.5 Å². The third kappa shape index (κ3) is 3.36. The van der Waals surface area contributed by atoms with E-state index in [2.05, 4.69) is 54.6 Å². The first-order valence-corrected chi connectivity index (χ1v) is 6.69. The van der Waals surface area contributed by atoms with Gasteiger partial charge in [0, 0.05) is 0 Å². The van der Waals surface area contributed by atoms with Gasteiger partial charge in [0.2, 0.25) is 0 Å². The van der Waals surface area contributed by atoms with Gasteiger partial charge in [-0.15, -0.1) is 24.8 Å². The van der Waals surface area contributed by atoms with E-state index in [9.17, 15) is 0 Å². The third-order valence-electron chi connectivity index (χ3n) is 3.37. The summed E-state index contributed by atoms with van der Waals surface area (Å²) >= 11 is 1.76. The molecule has 0 radical (unpaired) electrons. The maximum atomic E-state index is 5.39. The van der Waals surface area contributed by atoms with Gasteiger partial charge in [-0.2, -0.15) is 0 Å². The van der Waals surface area contributed by atoms with Crippen molar-refractivity contribution < 1.29 is 24.1 Å². The van der Waals surface area contributed by atoms with E-state index in [1.165, 1.54) is 27.5 Å². The van der Waals surface area contributed by atoms with E-state index in [1.54, 1.807) is 20.8 Å². The molecule has 0 bridgehead atoms. The number of fused-ring (bicyclic) bond motifs is 1. The van der Waals surface area contributed by atoms with Crippen LogP contribution in [0.2, 0.25) is 0 Å². The third-order valence-corrected chi connectivity index (χ3v) is 3.60. The fourth-order valence-electron chi connectivity index (χ4n) is 2.51. The van der Waals surface area contributed by atoms with E-state index in [4.69, 9.17) is 3.32 Å². The first-order chi connectivity index (χ1) is 8.90. The number of rotatable bonds is 3. The Hall–Kier alpha value is -0.566. The Morgan fingerprint density at radius 3 is 2.55 bits per heavy atom. The summed E-state index contributed by atoms with van der Waals surface area (Å²) < 4.78 is 5.39. The van der Waals surface area contributed by atoms with Crippen molar-refractivity contribution in [3.63, 3.8) is 0 Å². The summed E-state index contributed by atoms with van der Waals surface area (Å²) in [5, 5.41) is 2.57. The van der Waals surface area contributed by atoms with Crippen molar-refractivity contribution in [2.45, 2.75) is 13.0 Å². The molecule has 2 aromatic rings. The van der Waals surface area contributed by atoms with Gasteiger partial charge in [0.25, 0.3) is 0 Å². The zero-order valence-corrected chi connectivity index (χ0v) is 14.0. The van der Waals surface area contributed by atoms with Crippen LogP contribution in [0, 0.1) is 0 Å². The molecule has 1 aliphatic rings. The van der Waals surface area contributed by atoms with Crippen LogP contribution in [0.25, 0.3) is 16.3 Å². The van der Waals surface area contributed by atoms with Crippen LogP contribution < -0.4 is 0 Å². The molecule has 4 heteroatoms. The molecule has 0 N–H and O–H groups in total. The molecule has 1 aliphatic carbocycles. The van der Waals surface area contributed by atoms with Crippen LogP contribution in [-0.2, 0) is 30.7 Å². The van der Waals surface area contributed by atoms with Crippen molar-refractivity contribution in [1.29, 1.82) is 0 Å². The second-order valence-corrected chi connectivity index (χ2v) is 4.88. The predicted molar refractivity (Wildman–Crippen MR) is 85.0 cm³/mol. The van der Waals surface area contributed by atoms with Crippen LogP contribution >= 0.6 is 24.8 Å². The van der Waals surface area contributed by atoms with Gasteiger partial charge in [-0.1, -0.05) is 0 Å².